The standard InChI is InChI=1S/C22H25N5O2/c1-14(28)15-4-6-17(7-5-15)25-22(29)12-27-18-8-19(27)11-26(10-18)21-9-20(16-2-3-16)23-13-24-21/h4-7,9,13,16,18-19H,2-3,8,10-12H2,1H3,(H,25,29). The first-order chi connectivity index (χ1) is 14.1. The third kappa shape index (κ3) is 3.74. The van der Waals surface area contributed by atoms with Crippen molar-refractivity contribution in [2.75, 3.05) is 29.9 Å². The number of ketones is 1. The van der Waals surface area contributed by atoms with Gasteiger partial charge in [-0.1, -0.05) is 0 Å². The van der Waals surface area contributed by atoms with E-state index >= 15 is 0 Å². The minimum atomic E-state index is -0.0122. The van der Waals surface area contributed by atoms with E-state index in [0.717, 1.165) is 31.0 Å². The summed E-state index contributed by atoms with van der Waals surface area (Å²) < 4.78 is 0. The molecule has 4 aliphatic rings. The molecule has 0 spiro atoms. The molecule has 1 aliphatic carbocycles. The van der Waals surface area contributed by atoms with Gasteiger partial charge >= 0.3 is 0 Å². The van der Waals surface area contributed by atoms with Gasteiger partial charge in [-0.25, -0.2) is 9.97 Å². The molecule has 2 aromatic rings. The number of amides is 1. The lowest BCUT2D eigenvalue weighted by molar-refractivity contribution is -0.121. The van der Waals surface area contributed by atoms with Crippen molar-refractivity contribution in [2.24, 2.45) is 0 Å². The first-order valence-corrected chi connectivity index (χ1v) is 10.3. The molecular weight excluding hydrogens is 366 g/mol. The summed E-state index contributed by atoms with van der Waals surface area (Å²) in [5.74, 6) is 1.66. The molecule has 29 heavy (non-hydrogen) atoms. The Kier molecular flexibility index (Phi) is 4.54. The van der Waals surface area contributed by atoms with Crippen molar-refractivity contribution in [3.05, 3.63) is 47.9 Å². The van der Waals surface area contributed by atoms with Crippen LogP contribution in [0, 0.1) is 0 Å². The molecule has 150 valence electrons. The van der Waals surface area contributed by atoms with E-state index in [2.05, 4.69) is 31.2 Å². The molecule has 1 aromatic heterocycles. The Morgan fingerprint density at radius 3 is 2.48 bits per heavy atom. The van der Waals surface area contributed by atoms with Gasteiger partial charge in [-0.15, -0.1) is 0 Å². The number of piperidine rings is 1. The van der Waals surface area contributed by atoms with Crippen molar-refractivity contribution < 1.29 is 9.59 Å². The number of benzene rings is 1. The van der Waals surface area contributed by atoms with Crippen molar-refractivity contribution in [2.45, 2.75) is 44.2 Å². The average Bonchev–Trinajstić information content (AvgIpc) is 3.58. The summed E-state index contributed by atoms with van der Waals surface area (Å²) in [5.41, 5.74) is 2.54. The van der Waals surface area contributed by atoms with Crippen LogP contribution in [0.2, 0.25) is 0 Å². The molecule has 7 nitrogen and oxygen atoms in total. The molecule has 4 heterocycles. The second-order valence-corrected chi connectivity index (χ2v) is 8.38. The lowest BCUT2D eigenvalue weighted by Crippen LogP contribution is -2.69. The van der Waals surface area contributed by atoms with E-state index in [1.165, 1.54) is 25.5 Å². The van der Waals surface area contributed by atoms with E-state index in [9.17, 15) is 9.59 Å². The quantitative estimate of drug-likeness (QED) is 0.762. The molecule has 3 saturated heterocycles. The summed E-state index contributed by atoms with van der Waals surface area (Å²) in [6, 6.07) is 9.96. The number of piperazine rings is 1. The largest absolute Gasteiger partial charge is 0.353 e. The van der Waals surface area contributed by atoms with Gasteiger partial charge in [0.2, 0.25) is 5.91 Å². The molecule has 0 radical (unpaired) electrons. The van der Waals surface area contributed by atoms with Crippen molar-refractivity contribution in [1.82, 2.24) is 14.9 Å². The topological polar surface area (TPSA) is 78.4 Å². The summed E-state index contributed by atoms with van der Waals surface area (Å²) in [4.78, 5) is 37.4. The van der Waals surface area contributed by atoms with E-state index < -0.39 is 0 Å². The number of nitrogens with zero attached hydrogens (tertiary/aromatic N) is 4. The number of carbonyl (C=O) groups is 2. The first-order valence-electron chi connectivity index (χ1n) is 10.3. The monoisotopic (exact) mass is 391 g/mol. The Bertz CT molecular complexity index is 928. The van der Waals surface area contributed by atoms with Crippen LogP contribution in [0.4, 0.5) is 11.5 Å². The summed E-state index contributed by atoms with van der Waals surface area (Å²) in [6.07, 6.45) is 5.30. The molecule has 7 heteroatoms. The van der Waals surface area contributed by atoms with Gasteiger partial charge in [0, 0.05) is 54.1 Å². The van der Waals surface area contributed by atoms with Crippen LogP contribution in [-0.4, -0.2) is 58.3 Å². The fourth-order valence-corrected chi connectivity index (χ4v) is 4.42. The van der Waals surface area contributed by atoms with Crippen molar-refractivity contribution in [3.63, 3.8) is 0 Å². The molecule has 4 fully saturated rings. The van der Waals surface area contributed by atoms with E-state index in [4.69, 9.17) is 0 Å². The van der Waals surface area contributed by atoms with E-state index in [1.807, 2.05) is 0 Å². The van der Waals surface area contributed by atoms with Crippen LogP contribution in [0.25, 0.3) is 0 Å². The number of Topliss-reactive ketones (excluding diaryl/α,β-unsaturated/α-hetero) is 1. The molecule has 3 aliphatic heterocycles. The molecule has 1 saturated carbocycles. The Labute approximate surface area is 170 Å². The van der Waals surface area contributed by atoms with Crippen LogP contribution in [-0.2, 0) is 4.79 Å². The molecule has 2 unspecified atom stereocenters. The average molecular weight is 391 g/mol. The van der Waals surface area contributed by atoms with Crippen molar-refractivity contribution in [3.8, 4) is 0 Å². The lowest BCUT2D eigenvalue weighted by Gasteiger charge is -2.56. The summed E-state index contributed by atoms with van der Waals surface area (Å²) in [5, 5.41) is 2.94. The Morgan fingerprint density at radius 1 is 1.10 bits per heavy atom. The second kappa shape index (κ2) is 7.22. The number of anilines is 2. The summed E-state index contributed by atoms with van der Waals surface area (Å²) in [6.45, 7) is 3.74. The van der Waals surface area contributed by atoms with Crippen LogP contribution in [0.5, 0.6) is 0 Å². The Balaban J connectivity index is 1.17. The molecule has 1 aromatic carbocycles. The molecule has 1 amide bonds. The zero-order chi connectivity index (χ0) is 20.0. The van der Waals surface area contributed by atoms with Crippen LogP contribution in [0.15, 0.2) is 36.7 Å². The molecular formula is C22H25N5O2. The minimum absolute atomic E-state index is 0.0122. The fourth-order valence-electron chi connectivity index (χ4n) is 4.42. The van der Waals surface area contributed by atoms with E-state index in [0.29, 0.717) is 30.1 Å². The van der Waals surface area contributed by atoms with Gasteiger partial charge in [0.15, 0.2) is 5.78 Å². The highest BCUT2D eigenvalue weighted by molar-refractivity contribution is 5.96. The van der Waals surface area contributed by atoms with Gasteiger partial charge in [-0.05, 0) is 50.5 Å². The summed E-state index contributed by atoms with van der Waals surface area (Å²) in [7, 11) is 0. The lowest BCUT2D eigenvalue weighted by atomic mass is 9.87. The van der Waals surface area contributed by atoms with Gasteiger partial charge < -0.3 is 10.2 Å². The van der Waals surface area contributed by atoms with E-state index in [1.54, 1.807) is 30.6 Å². The number of rotatable bonds is 6. The van der Waals surface area contributed by atoms with Crippen LogP contribution in [0.3, 0.4) is 0 Å². The molecule has 6 rings (SSSR count). The summed E-state index contributed by atoms with van der Waals surface area (Å²) >= 11 is 0. The van der Waals surface area contributed by atoms with Crippen LogP contribution >= 0.6 is 0 Å². The SMILES string of the molecule is CC(=O)c1ccc(NC(=O)CN2C3CC2CN(c2cc(C4CC4)ncn2)C3)cc1. The van der Waals surface area contributed by atoms with Gasteiger partial charge in [-0.3, -0.25) is 14.5 Å². The Hall–Kier alpha value is -2.80. The number of nitrogens with one attached hydrogen (secondary N) is 1. The number of hydrogen-bond acceptors (Lipinski definition) is 6. The van der Waals surface area contributed by atoms with Crippen molar-refractivity contribution >= 4 is 23.2 Å². The van der Waals surface area contributed by atoms with Crippen molar-refractivity contribution in [1.29, 1.82) is 0 Å². The van der Waals surface area contributed by atoms with Gasteiger partial charge in [0.1, 0.15) is 12.1 Å². The maximum atomic E-state index is 12.5. The molecule has 2 atom stereocenters. The maximum absolute atomic E-state index is 12.5. The second-order valence-electron chi connectivity index (χ2n) is 8.38. The normalized spacial score (nSPS) is 23.4. The highest BCUT2D eigenvalue weighted by Crippen LogP contribution is 2.40. The molecule has 1 N–H and O–H groups in total. The van der Waals surface area contributed by atoms with Crippen LogP contribution in [0.1, 0.15) is 48.2 Å². The smallest absolute Gasteiger partial charge is 0.238 e. The predicted molar refractivity (Wildman–Crippen MR) is 110 cm³/mol. The van der Waals surface area contributed by atoms with Gasteiger partial charge in [0.25, 0.3) is 0 Å². The van der Waals surface area contributed by atoms with Crippen LogP contribution < -0.4 is 10.2 Å². The number of fused-ring (bicyclic) bond motifs is 2. The van der Waals surface area contributed by atoms with Gasteiger partial charge in [0.05, 0.1) is 6.54 Å². The number of hydrogen-bond donors (Lipinski definition) is 1. The predicted octanol–water partition coefficient (Wildman–Crippen LogP) is 2.46. The Morgan fingerprint density at radius 2 is 1.83 bits per heavy atom. The third-order valence-electron chi connectivity index (χ3n) is 6.24. The van der Waals surface area contributed by atoms with Gasteiger partial charge in [-0.2, -0.15) is 0 Å². The zero-order valence-corrected chi connectivity index (χ0v) is 16.5. The minimum Gasteiger partial charge on any atom is -0.353 e. The third-order valence-corrected chi connectivity index (χ3v) is 6.24. The first kappa shape index (κ1) is 18.2. The maximum Gasteiger partial charge on any atom is 0.238 e. The number of aromatic nitrogens is 2. The highest BCUT2D eigenvalue weighted by atomic mass is 16.2. The zero-order valence-electron chi connectivity index (χ0n) is 16.5. The fraction of sp³-hybridized carbons (Fsp3) is 0.455. The van der Waals surface area contributed by atoms with E-state index in [-0.39, 0.29) is 11.7 Å². The highest BCUT2D eigenvalue weighted by Gasteiger charge is 2.45. The number of carbonyl (C=O) groups excluding carboxylic acids is 2. The molecule has 2 bridgehead atoms.